The number of benzene rings is 1. The maximum atomic E-state index is 5.78. The Kier molecular flexibility index (Phi) is 3.49. The first-order valence-electron chi connectivity index (χ1n) is 8.84. The number of fused-ring (bicyclic) bond motifs is 3. The molecule has 0 amide bonds. The molecule has 0 saturated heterocycles. The molecule has 124 valence electrons. The lowest BCUT2D eigenvalue weighted by Crippen LogP contribution is -2.08. The van der Waals surface area contributed by atoms with E-state index in [2.05, 4.69) is 43.3 Å². The van der Waals surface area contributed by atoms with Crippen molar-refractivity contribution in [2.45, 2.75) is 26.2 Å². The van der Waals surface area contributed by atoms with Gasteiger partial charge in [0.1, 0.15) is 10.6 Å². The third-order valence-electron chi connectivity index (χ3n) is 5.12. The SMILES string of the molecule is C[C@H]1CCc2c(sc3nc(-c4ccccc4)cc(-c4ccco4)c23)C1. The molecule has 1 aliphatic carbocycles. The monoisotopic (exact) mass is 345 g/mol. The molecule has 5 rings (SSSR count). The molecule has 0 spiro atoms. The third kappa shape index (κ3) is 2.50. The highest BCUT2D eigenvalue weighted by molar-refractivity contribution is 7.19. The Balaban J connectivity index is 1.81. The molecule has 3 aromatic heterocycles. The molecule has 25 heavy (non-hydrogen) atoms. The Bertz CT molecular complexity index is 1030. The van der Waals surface area contributed by atoms with Gasteiger partial charge in [0.05, 0.1) is 12.0 Å². The summed E-state index contributed by atoms with van der Waals surface area (Å²) >= 11 is 1.87. The van der Waals surface area contributed by atoms with Gasteiger partial charge in [-0.15, -0.1) is 11.3 Å². The van der Waals surface area contributed by atoms with E-state index in [4.69, 9.17) is 9.40 Å². The number of rotatable bonds is 2. The topological polar surface area (TPSA) is 26.0 Å². The van der Waals surface area contributed by atoms with E-state index in [0.29, 0.717) is 0 Å². The van der Waals surface area contributed by atoms with Crippen LogP contribution in [0.5, 0.6) is 0 Å². The van der Waals surface area contributed by atoms with Crippen molar-refractivity contribution in [3.05, 3.63) is 65.2 Å². The van der Waals surface area contributed by atoms with Crippen LogP contribution in [-0.2, 0) is 12.8 Å². The minimum Gasteiger partial charge on any atom is -0.464 e. The number of thiophene rings is 1. The molecule has 1 aromatic carbocycles. The molecule has 0 N–H and O–H groups in total. The quantitative estimate of drug-likeness (QED) is 0.423. The second-order valence-electron chi connectivity index (χ2n) is 6.93. The summed E-state index contributed by atoms with van der Waals surface area (Å²) in [6, 6.07) is 16.6. The van der Waals surface area contributed by atoms with Crippen LogP contribution in [0.1, 0.15) is 23.8 Å². The molecule has 4 aromatic rings. The Hall–Kier alpha value is -2.39. The van der Waals surface area contributed by atoms with Crippen molar-refractivity contribution >= 4 is 21.6 Å². The summed E-state index contributed by atoms with van der Waals surface area (Å²) in [6.45, 7) is 2.35. The van der Waals surface area contributed by atoms with E-state index in [1.807, 2.05) is 23.5 Å². The van der Waals surface area contributed by atoms with E-state index in [-0.39, 0.29) is 0 Å². The third-order valence-corrected chi connectivity index (χ3v) is 6.27. The summed E-state index contributed by atoms with van der Waals surface area (Å²) in [5.41, 5.74) is 4.85. The number of hydrogen-bond donors (Lipinski definition) is 0. The normalized spacial score (nSPS) is 16.9. The average Bonchev–Trinajstić information content (AvgIpc) is 3.28. The average molecular weight is 345 g/mol. The molecule has 3 heterocycles. The van der Waals surface area contributed by atoms with Crippen LogP contribution in [0.3, 0.4) is 0 Å². The summed E-state index contributed by atoms with van der Waals surface area (Å²) < 4.78 is 5.78. The minimum absolute atomic E-state index is 0.765. The van der Waals surface area contributed by atoms with Gasteiger partial charge in [-0.1, -0.05) is 37.3 Å². The predicted molar refractivity (Wildman–Crippen MR) is 104 cm³/mol. The maximum Gasteiger partial charge on any atom is 0.134 e. The van der Waals surface area contributed by atoms with Crippen LogP contribution < -0.4 is 0 Å². The second kappa shape index (κ2) is 5.85. The van der Waals surface area contributed by atoms with Crippen molar-refractivity contribution in [3.63, 3.8) is 0 Å². The Labute approximate surface area is 151 Å². The lowest BCUT2D eigenvalue weighted by atomic mass is 9.88. The molecule has 2 nitrogen and oxygen atoms in total. The molecular weight excluding hydrogens is 326 g/mol. The number of furan rings is 1. The van der Waals surface area contributed by atoms with Gasteiger partial charge in [0.25, 0.3) is 0 Å². The molecule has 0 radical (unpaired) electrons. The number of aryl methyl sites for hydroxylation is 1. The summed E-state index contributed by atoms with van der Waals surface area (Å²) in [5, 5.41) is 1.31. The molecule has 0 bridgehead atoms. The zero-order valence-electron chi connectivity index (χ0n) is 14.2. The van der Waals surface area contributed by atoms with Gasteiger partial charge < -0.3 is 4.42 Å². The van der Waals surface area contributed by atoms with Crippen molar-refractivity contribution in [1.82, 2.24) is 4.98 Å². The highest BCUT2D eigenvalue weighted by Gasteiger charge is 2.24. The minimum atomic E-state index is 0.765. The van der Waals surface area contributed by atoms with E-state index in [0.717, 1.165) is 34.2 Å². The largest absolute Gasteiger partial charge is 0.464 e. The number of hydrogen-bond acceptors (Lipinski definition) is 3. The molecule has 1 aliphatic rings. The summed E-state index contributed by atoms with van der Waals surface area (Å²) in [6.07, 6.45) is 5.34. The van der Waals surface area contributed by atoms with Crippen LogP contribution in [-0.4, -0.2) is 4.98 Å². The van der Waals surface area contributed by atoms with Gasteiger partial charge in [-0.05, 0) is 48.9 Å². The van der Waals surface area contributed by atoms with E-state index in [1.54, 1.807) is 6.26 Å². The van der Waals surface area contributed by atoms with Gasteiger partial charge in [-0.2, -0.15) is 0 Å². The first kappa shape index (κ1) is 14.9. The maximum absolute atomic E-state index is 5.78. The van der Waals surface area contributed by atoms with Crippen molar-refractivity contribution in [2.75, 3.05) is 0 Å². The van der Waals surface area contributed by atoms with E-state index in [9.17, 15) is 0 Å². The molecular formula is C22H19NOS. The standard InChI is InChI=1S/C22H19NOS/c1-14-9-10-16-20(12-14)25-22-21(16)17(19-8-5-11-24-19)13-18(23-22)15-6-3-2-4-7-15/h2-8,11,13-14H,9-10,12H2,1H3/t14-/m0/s1. The van der Waals surface area contributed by atoms with Crippen molar-refractivity contribution in [3.8, 4) is 22.6 Å². The lowest BCUT2D eigenvalue weighted by Gasteiger charge is -2.18. The summed E-state index contributed by atoms with van der Waals surface area (Å²) in [4.78, 5) is 7.68. The molecule has 0 aliphatic heterocycles. The first-order valence-corrected chi connectivity index (χ1v) is 9.66. The number of aromatic nitrogens is 1. The molecule has 3 heteroatoms. The lowest BCUT2D eigenvalue weighted by molar-refractivity contribution is 0.509. The zero-order valence-corrected chi connectivity index (χ0v) is 15.0. The van der Waals surface area contributed by atoms with Crippen molar-refractivity contribution in [1.29, 1.82) is 0 Å². The highest BCUT2D eigenvalue weighted by atomic mass is 32.1. The first-order chi connectivity index (χ1) is 12.3. The smallest absolute Gasteiger partial charge is 0.134 e. The fourth-order valence-electron chi connectivity index (χ4n) is 3.83. The molecule has 1 atom stereocenters. The van der Waals surface area contributed by atoms with Crippen LogP contribution in [0, 0.1) is 5.92 Å². The highest BCUT2D eigenvalue weighted by Crippen LogP contribution is 2.43. The zero-order chi connectivity index (χ0) is 16.8. The number of pyridine rings is 1. The predicted octanol–water partition coefficient (Wildman–Crippen LogP) is 6.35. The van der Waals surface area contributed by atoms with Crippen molar-refractivity contribution in [2.24, 2.45) is 5.92 Å². The Morgan fingerprint density at radius 1 is 1.12 bits per heavy atom. The molecule has 0 saturated carbocycles. The van der Waals surface area contributed by atoms with Gasteiger partial charge in [0.15, 0.2) is 0 Å². The Morgan fingerprint density at radius 2 is 2.00 bits per heavy atom. The second-order valence-corrected chi connectivity index (χ2v) is 8.01. The summed E-state index contributed by atoms with van der Waals surface area (Å²) in [7, 11) is 0. The molecule has 0 unspecified atom stereocenters. The molecule has 0 fully saturated rings. The van der Waals surface area contributed by atoms with Crippen LogP contribution >= 0.6 is 11.3 Å². The van der Waals surface area contributed by atoms with Crippen molar-refractivity contribution < 1.29 is 4.42 Å². The van der Waals surface area contributed by atoms with Crippen LogP contribution in [0.4, 0.5) is 0 Å². The van der Waals surface area contributed by atoms with Gasteiger partial charge >= 0.3 is 0 Å². The van der Waals surface area contributed by atoms with Gasteiger partial charge in [-0.3, -0.25) is 0 Å². The number of nitrogens with zero attached hydrogens (tertiary/aromatic N) is 1. The fourth-order valence-corrected chi connectivity index (χ4v) is 5.23. The van der Waals surface area contributed by atoms with E-state index in [1.165, 1.54) is 34.2 Å². The van der Waals surface area contributed by atoms with Crippen LogP contribution in [0.25, 0.3) is 32.8 Å². The van der Waals surface area contributed by atoms with Crippen LogP contribution in [0.2, 0.25) is 0 Å². The van der Waals surface area contributed by atoms with Gasteiger partial charge in [0, 0.05) is 21.4 Å². The Morgan fingerprint density at radius 3 is 2.80 bits per heavy atom. The summed E-state index contributed by atoms with van der Waals surface area (Å²) in [5.74, 6) is 1.70. The van der Waals surface area contributed by atoms with Crippen LogP contribution in [0.15, 0.2) is 59.2 Å². The fraction of sp³-hybridized carbons (Fsp3) is 0.227. The van der Waals surface area contributed by atoms with E-state index < -0.39 is 0 Å². The van der Waals surface area contributed by atoms with E-state index >= 15 is 0 Å². The van der Waals surface area contributed by atoms with Gasteiger partial charge in [0.2, 0.25) is 0 Å². The van der Waals surface area contributed by atoms with Gasteiger partial charge in [-0.25, -0.2) is 4.98 Å².